The second-order valence-electron chi connectivity index (χ2n) is 5.98. The summed E-state index contributed by atoms with van der Waals surface area (Å²) in [5.41, 5.74) is 0. The van der Waals surface area contributed by atoms with Crippen molar-refractivity contribution in [3.05, 3.63) is 21.9 Å². The zero-order valence-electron chi connectivity index (χ0n) is 13.2. The summed E-state index contributed by atoms with van der Waals surface area (Å²) in [5.74, 6) is 0. The SMILES string of the molecule is CCCNCc1ccc(CN2CCCN(C)CC2C)s1. The van der Waals surface area contributed by atoms with Gasteiger partial charge in [-0.3, -0.25) is 4.90 Å². The molecule has 1 fully saturated rings. The molecule has 2 heterocycles. The van der Waals surface area contributed by atoms with Crippen molar-refractivity contribution in [2.45, 2.75) is 45.8 Å². The van der Waals surface area contributed by atoms with Crippen LogP contribution in [-0.4, -0.2) is 49.1 Å². The maximum Gasteiger partial charge on any atom is 0.0331 e. The Labute approximate surface area is 128 Å². The fourth-order valence-corrected chi connectivity index (χ4v) is 3.86. The predicted octanol–water partition coefficient (Wildman–Crippen LogP) is 2.77. The summed E-state index contributed by atoms with van der Waals surface area (Å²) in [6.45, 7) is 11.5. The van der Waals surface area contributed by atoms with Crippen molar-refractivity contribution in [1.29, 1.82) is 0 Å². The van der Waals surface area contributed by atoms with Gasteiger partial charge in [0.2, 0.25) is 0 Å². The lowest BCUT2D eigenvalue weighted by atomic mass is 10.2. The molecule has 0 aliphatic carbocycles. The first kappa shape index (κ1) is 16.0. The second kappa shape index (κ2) is 8.13. The first-order valence-corrected chi connectivity index (χ1v) is 8.71. The molecule has 114 valence electrons. The Balaban J connectivity index is 1.85. The summed E-state index contributed by atoms with van der Waals surface area (Å²) in [6, 6.07) is 5.26. The van der Waals surface area contributed by atoms with E-state index < -0.39 is 0 Å². The first-order valence-electron chi connectivity index (χ1n) is 7.90. The molecule has 1 saturated heterocycles. The molecule has 0 aromatic carbocycles. The fraction of sp³-hybridized carbons (Fsp3) is 0.750. The van der Waals surface area contributed by atoms with E-state index in [9.17, 15) is 0 Å². The van der Waals surface area contributed by atoms with Crippen LogP contribution in [0.1, 0.15) is 36.4 Å². The van der Waals surface area contributed by atoms with Crippen molar-refractivity contribution < 1.29 is 0 Å². The molecule has 20 heavy (non-hydrogen) atoms. The molecule has 1 aromatic rings. The van der Waals surface area contributed by atoms with Crippen LogP contribution >= 0.6 is 11.3 Å². The summed E-state index contributed by atoms with van der Waals surface area (Å²) in [7, 11) is 2.24. The Bertz CT molecular complexity index is 391. The molecule has 0 amide bonds. The second-order valence-corrected chi connectivity index (χ2v) is 7.23. The topological polar surface area (TPSA) is 18.5 Å². The number of nitrogens with one attached hydrogen (secondary N) is 1. The molecular weight excluding hydrogens is 266 g/mol. The molecule has 3 nitrogen and oxygen atoms in total. The highest BCUT2D eigenvalue weighted by molar-refractivity contribution is 7.11. The smallest absolute Gasteiger partial charge is 0.0331 e. The lowest BCUT2D eigenvalue weighted by molar-refractivity contribution is 0.196. The van der Waals surface area contributed by atoms with Crippen LogP contribution in [0, 0.1) is 0 Å². The minimum Gasteiger partial charge on any atom is -0.312 e. The van der Waals surface area contributed by atoms with Gasteiger partial charge in [0, 0.05) is 42.0 Å². The van der Waals surface area contributed by atoms with E-state index >= 15 is 0 Å². The molecule has 0 bridgehead atoms. The van der Waals surface area contributed by atoms with Gasteiger partial charge in [-0.1, -0.05) is 6.92 Å². The van der Waals surface area contributed by atoms with Gasteiger partial charge in [-0.25, -0.2) is 0 Å². The Morgan fingerprint density at radius 2 is 2.10 bits per heavy atom. The van der Waals surface area contributed by atoms with Gasteiger partial charge in [0.15, 0.2) is 0 Å². The summed E-state index contributed by atoms with van der Waals surface area (Å²) < 4.78 is 0. The third-order valence-electron chi connectivity index (χ3n) is 3.99. The minimum atomic E-state index is 0.659. The monoisotopic (exact) mass is 295 g/mol. The highest BCUT2D eigenvalue weighted by atomic mass is 32.1. The largest absolute Gasteiger partial charge is 0.312 e. The Morgan fingerprint density at radius 3 is 2.90 bits per heavy atom. The van der Waals surface area contributed by atoms with Gasteiger partial charge in [0.05, 0.1) is 0 Å². The maximum atomic E-state index is 3.48. The quantitative estimate of drug-likeness (QED) is 0.814. The van der Waals surface area contributed by atoms with Crippen LogP contribution in [-0.2, 0) is 13.1 Å². The van der Waals surface area contributed by atoms with E-state index in [0.717, 1.165) is 19.6 Å². The first-order chi connectivity index (χ1) is 9.69. The van der Waals surface area contributed by atoms with Gasteiger partial charge in [-0.2, -0.15) is 0 Å². The molecule has 1 aliphatic heterocycles. The number of hydrogen-bond acceptors (Lipinski definition) is 4. The standard InChI is InChI=1S/C16H29N3S/c1-4-8-17-11-15-6-7-16(20-15)13-19-10-5-9-18(3)12-14(19)2/h6-7,14,17H,4-5,8-13H2,1-3H3. The predicted molar refractivity (Wildman–Crippen MR) is 88.3 cm³/mol. The molecule has 0 saturated carbocycles. The Hall–Kier alpha value is -0.420. The Kier molecular flexibility index (Phi) is 6.49. The van der Waals surface area contributed by atoms with Crippen LogP contribution in [0.15, 0.2) is 12.1 Å². The average molecular weight is 295 g/mol. The average Bonchev–Trinajstić information content (AvgIpc) is 2.78. The van der Waals surface area contributed by atoms with Crippen LogP contribution < -0.4 is 5.32 Å². The number of thiophene rings is 1. The number of likely N-dealkylation sites (N-methyl/N-ethyl adjacent to an activating group) is 1. The highest BCUT2D eigenvalue weighted by Crippen LogP contribution is 2.20. The molecule has 0 radical (unpaired) electrons. The zero-order valence-corrected chi connectivity index (χ0v) is 14.0. The fourth-order valence-electron chi connectivity index (χ4n) is 2.85. The van der Waals surface area contributed by atoms with Gasteiger partial charge < -0.3 is 10.2 Å². The van der Waals surface area contributed by atoms with Crippen LogP contribution in [0.3, 0.4) is 0 Å². The van der Waals surface area contributed by atoms with Crippen LogP contribution in [0.4, 0.5) is 0 Å². The van der Waals surface area contributed by atoms with E-state index in [1.165, 1.54) is 42.2 Å². The summed E-state index contributed by atoms with van der Waals surface area (Å²) in [6.07, 6.45) is 2.49. The van der Waals surface area contributed by atoms with Crippen molar-refractivity contribution in [2.24, 2.45) is 0 Å². The van der Waals surface area contributed by atoms with Gasteiger partial charge in [-0.05, 0) is 52.0 Å². The third-order valence-corrected chi connectivity index (χ3v) is 5.06. The minimum absolute atomic E-state index is 0.659. The number of hydrogen-bond donors (Lipinski definition) is 1. The molecule has 4 heteroatoms. The van der Waals surface area contributed by atoms with Gasteiger partial charge in [-0.15, -0.1) is 11.3 Å². The highest BCUT2D eigenvalue weighted by Gasteiger charge is 2.19. The molecule has 1 aromatic heterocycles. The molecule has 1 aliphatic rings. The van der Waals surface area contributed by atoms with Crippen molar-refractivity contribution in [1.82, 2.24) is 15.1 Å². The van der Waals surface area contributed by atoms with Crippen LogP contribution in [0.25, 0.3) is 0 Å². The van der Waals surface area contributed by atoms with E-state index in [1.54, 1.807) is 0 Å². The van der Waals surface area contributed by atoms with Crippen molar-refractivity contribution in [2.75, 3.05) is 33.2 Å². The normalized spacial score (nSPS) is 22.1. The number of nitrogens with zero attached hydrogens (tertiary/aromatic N) is 2. The van der Waals surface area contributed by atoms with E-state index in [1.807, 2.05) is 11.3 Å². The lowest BCUT2D eigenvalue weighted by Crippen LogP contribution is -2.37. The van der Waals surface area contributed by atoms with Crippen LogP contribution in [0.2, 0.25) is 0 Å². The zero-order chi connectivity index (χ0) is 14.4. The van der Waals surface area contributed by atoms with Crippen LogP contribution in [0.5, 0.6) is 0 Å². The summed E-state index contributed by atoms with van der Waals surface area (Å²) in [5, 5.41) is 3.48. The van der Waals surface area contributed by atoms with E-state index in [2.05, 4.69) is 48.1 Å². The van der Waals surface area contributed by atoms with Crippen molar-refractivity contribution in [3.63, 3.8) is 0 Å². The molecular formula is C16H29N3S. The van der Waals surface area contributed by atoms with Crippen molar-refractivity contribution >= 4 is 11.3 Å². The molecule has 0 spiro atoms. The molecule has 2 rings (SSSR count). The van der Waals surface area contributed by atoms with Gasteiger partial charge in [0.25, 0.3) is 0 Å². The maximum absolute atomic E-state index is 3.48. The number of rotatable bonds is 6. The molecule has 1 N–H and O–H groups in total. The lowest BCUT2D eigenvalue weighted by Gasteiger charge is -2.27. The Morgan fingerprint density at radius 1 is 1.30 bits per heavy atom. The van der Waals surface area contributed by atoms with E-state index in [0.29, 0.717) is 6.04 Å². The molecule has 1 unspecified atom stereocenters. The summed E-state index contributed by atoms with van der Waals surface area (Å²) in [4.78, 5) is 8.07. The third kappa shape index (κ3) is 4.85. The molecule has 1 atom stereocenters. The van der Waals surface area contributed by atoms with E-state index in [-0.39, 0.29) is 0 Å². The van der Waals surface area contributed by atoms with Crippen molar-refractivity contribution in [3.8, 4) is 0 Å². The summed E-state index contributed by atoms with van der Waals surface area (Å²) >= 11 is 1.97. The van der Waals surface area contributed by atoms with Gasteiger partial charge >= 0.3 is 0 Å². The van der Waals surface area contributed by atoms with E-state index in [4.69, 9.17) is 0 Å². The van der Waals surface area contributed by atoms with Gasteiger partial charge in [0.1, 0.15) is 0 Å².